The van der Waals surface area contributed by atoms with E-state index in [1.807, 2.05) is 30.3 Å². The molecule has 2 N–H and O–H groups in total. The second-order valence-corrected chi connectivity index (χ2v) is 6.31. The van der Waals surface area contributed by atoms with Crippen LogP contribution in [0.5, 0.6) is 0 Å². The van der Waals surface area contributed by atoms with Gasteiger partial charge < -0.3 is 4.98 Å². The van der Waals surface area contributed by atoms with Crippen LogP contribution >= 0.6 is 11.6 Å². The molecule has 0 radical (unpaired) electrons. The molecular formula is C18H11ClN6O. The molecule has 0 saturated carbocycles. The lowest BCUT2D eigenvalue weighted by molar-refractivity contribution is 0.904. The van der Waals surface area contributed by atoms with Crippen LogP contribution in [-0.4, -0.2) is 29.8 Å². The molecule has 0 bridgehead atoms. The Hall–Kier alpha value is -3.45. The van der Waals surface area contributed by atoms with Gasteiger partial charge in [0.05, 0.1) is 17.4 Å². The van der Waals surface area contributed by atoms with Gasteiger partial charge in [-0.15, -0.1) is 5.10 Å². The molecule has 126 valence electrons. The van der Waals surface area contributed by atoms with E-state index in [9.17, 15) is 4.79 Å². The molecule has 0 aliphatic heterocycles. The van der Waals surface area contributed by atoms with Crippen LogP contribution in [0, 0.1) is 0 Å². The molecule has 0 amide bonds. The summed E-state index contributed by atoms with van der Waals surface area (Å²) in [6.07, 6.45) is 1.74. The maximum Gasteiger partial charge on any atom is 0.276 e. The third-order valence-electron chi connectivity index (χ3n) is 4.16. The first-order valence-electron chi connectivity index (χ1n) is 7.87. The van der Waals surface area contributed by atoms with Crippen LogP contribution in [0.4, 0.5) is 0 Å². The summed E-state index contributed by atoms with van der Waals surface area (Å²) in [5.41, 5.74) is 2.95. The molecule has 7 nitrogen and oxygen atoms in total. The summed E-state index contributed by atoms with van der Waals surface area (Å²) in [7, 11) is 0. The monoisotopic (exact) mass is 362 g/mol. The Kier molecular flexibility index (Phi) is 3.16. The maximum atomic E-state index is 12.5. The van der Waals surface area contributed by atoms with Crippen LogP contribution in [0.1, 0.15) is 0 Å². The largest absolute Gasteiger partial charge is 0.323 e. The predicted octanol–water partition coefficient (Wildman–Crippen LogP) is 3.28. The fourth-order valence-corrected chi connectivity index (χ4v) is 3.09. The normalized spacial score (nSPS) is 11.4. The van der Waals surface area contributed by atoms with Gasteiger partial charge in [0.25, 0.3) is 5.56 Å². The molecule has 5 aromatic rings. The minimum Gasteiger partial charge on any atom is -0.323 e. The molecule has 0 spiro atoms. The van der Waals surface area contributed by atoms with Gasteiger partial charge in [-0.1, -0.05) is 29.8 Å². The Balaban J connectivity index is 1.67. The second-order valence-electron chi connectivity index (χ2n) is 5.87. The van der Waals surface area contributed by atoms with Gasteiger partial charge in [0.15, 0.2) is 5.82 Å². The highest BCUT2D eigenvalue weighted by Crippen LogP contribution is 2.23. The summed E-state index contributed by atoms with van der Waals surface area (Å²) < 4.78 is 1.25. The standard InChI is InChI=1S/C18H11ClN6O/c19-13-3-1-2-11(7-13)17-22-18-21-15(8-16(26)25(18)24-17)10-4-5-14-12(6-10)9-20-23-14/h1-9H,(H,20,23)(H,21,22,24). The van der Waals surface area contributed by atoms with E-state index in [4.69, 9.17) is 11.6 Å². The molecule has 0 unspecified atom stereocenters. The summed E-state index contributed by atoms with van der Waals surface area (Å²) in [5, 5.41) is 12.8. The van der Waals surface area contributed by atoms with Crippen LogP contribution in [0.15, 0.2) is 59.5 Å². The Morgan fingerprint density at radius 3 is 2.85 bits per heavy atom. The fourth-order valence-electron chi connectivity index (χ4n) is 2.90. The van der Waals surface area contributed by atoms with Crippen molar-refractivity contribution in [3.63, 3.8) is 0 Å². The zero-order valence-corrected chi connectivity index (χ0v) is 14.0. The highest BCUT2D eigenvalue weighted by molar-refractivity contribution is 6.30. The Morgan fingerprint density at radius 1 is 1.04 bits per heavy atom. The first-order valence-corrected chi connectivity index (χ1v) is 8.25. The third kappa shape index (κ3) is 2.37. The number of fused-ring (bicyclic) bond motifs is 2. The molecule has 0 aliphatic carbocycles. The number of H-pyrrole nitrogens is 2. The Bertz CT molecular complexity index is 1330. The predicted molar refractivity (Wildman–Crippen MR) is 99.1 cm³/mol. The number of aromatic amines is 2. The number of aromatic nitrogens is 6. The van der Waals surface area contributed by atoms with E-state index in [1.54, 1.807) is 18.3 Å². The third-order valence-corrected chi connectivity index (χ3v) is 4.40. The lowest BCUT2D eigenvalue weighted by atomic mass is 10.1. The van der Waals surface area contributed by atoms with Crippen LogP contribution in [-0.2, 0) is 0 Å². The Labute approximate surface area is 151 Å². The topological polar surface area (TPSA) is 91.7 Å². The SMILES string of the molecule is O=c1cc(-c2ccc3[nH]ncc3c2)[nH]c2nc(-c3cccc(Cl)c3)nn12. The molecule has 0 atom stereocenters. The number of hydrogen-bond donors (Lipinski definition) is 2. The molecule has 5 rings (SSSR count). The molecule has 8 heteroatoms. The number of rotatable bonds is 2. The summed E-state index contributed by atoms with van der Waals surface area (Å²) >= 11 is 6.03. The molecule has 0 fully saturated rings. The van der Waals surface area contributed by atoms with Crippen molar-refractivity contribution in [1.82, 2.24) is 29.8 Å². The van der Waals surface area contributed by atoms with Crippen molar-refractivity contribution in [2.75, 3.05) is 0 Å². The summed E-state index contributed by atoms with van der Waals surface area (Å²) in [6.45, 7) is 0. The minimum absolute atomic E-state index is 0.262. The van der Waals surface area contributed by atoms with E-state index in [0.717, 1.165) is 22.0 Å². The van der Waals surface area contributed by atoms with Crippen LogP contribution in [0.2, 0.25) is 5.02 Å². The first kappa shape index (κ1) is 14.9. The number of nitrogens with zero attached hydrogens (tertiary/aromatic N) is 4. The highest BCUT2D eigenvalue weighted by Gasteiger charge is 2.11. The zero-order chi connectivity index (χ0) is 17.7. The number of hydrogen-bond acceptors (Lipinski definition) is 4. The average Bonchev–Trinajstić information content (AvgIpc) is 3.28. The van der Waals surface area contributed by atoms with Gasteiger partial charge in [-0.25, -0.2) is 0 Å². The van der Waals surface area contributed by atoms with Crippen LogP contribution in [0.25, 0.3) is 39.3 Å². The lowest BCUT2D eigenvalue weighted by Crippen LogP contribution is -2.14. The van der Waals surface area contributed by atoms with Gasteiger partial charge in [-0.2, -0.15) is 14.6 Å². The summed E-state index contributed by atoms with van der Waals surface area (Å²) in [4.78, 5) is 20.1. The number of halogens is 1. The van der Waals surface area contributed by atoms with Crippen molar-refractivity contribution in [3.8, 4) is 22.6 Å². The van der Waals surface area contributed by atoms with E-state index >= 15 is 0 Å². The van der Waals surface area contributed by atoms with Gasteiger partial charge in [-0.3, -0.25) is 9.89 Å². The van der Waals surface area contributed by atoms with Crippen molar-refractivity contribution in [2.24, 2.45) is 0 Å². The lowest BCUT2D eigenvalue weighted by Gasteiger charge is -2.02. The van der Waals surface area contributed by atoms with E-state index in [0.29, 0.717) is 22.3 Å². The smallest absolute Gasteiger partial charge is 0.276 e. The maximum absolute atomic E-state index is 12.5. The average molecular weight is 363 g/mol. The van der Waals surface area contributed by atoms with Gasteiger partial charge in [0.1, 0.15) is 0 Å². The molecule has 2 aromatic carbocycles. The van der Waals surface area contributed by atoms with Crippen molar-refractivity contribution in [3.05, 3.63) is 70.1 Å². The number of benzene rings is 2. The van der Waals surface area contributed by atoms with Crippen molar-refractivity contribution >= 4 is 28.3 Å². The zero-order valence-electron chi connectivity index (χ0n) is 13.3. The summed E-state index contributed by atoms with van der Waals surface area (Å²) in [6, 6.07) is 14.5. The number of nitrogens with one attached hydrogen (secondary N) is 2. The summed E-state index contributed by atoms with van der Waals surface area (Å²) in [5.74, 6) is 0.804. The van der Waals surface area contributed by atoms with Gasteiger partial charge in [0.2, 0.25) is 5.78 Å². The Morgan fingerprint density at radius 2 is 1.96 bits per heavy atom. The minimum atomic E-state index is -0.262. The van der Waals surface area contributed by atoms with Gasteiger partial charge in [0, 0.05) is 22.0 Å². The quantitative estimate of drug-likeness (QED) is 0.504. The van der Waals surface area contributed by atoms with E-state index in [-0.39, 0.29) is 5.56 Å². The van der Waals surface area contributed by atoms with Crippen LogP contribution < -0.4 is 5.56 Å². The second kappa shape index (κ2) is 5.53. The molecule has 3 aromatic heterocycles. The van der Waals surface area contributed by atoms with E-state index in [2.05, 4.69) is 25.3 Å². The van der Waals surface area contributed by atoms with E-state index < -0.39 is 0 Å². The first-order chi connectivity index (χ1) is 12.7. The molecule has 3 heterocycles. The highest BCUT2D eigenvalue weighted by atomic mass is 35.5. The van der Waals surface area contributed by atoms with Crippen molar-refractivity contribution in [1.29, 1.82) is 0 Å². The van der Waals surface area contributed by atoms with E-state index in [1.165, 1.54) is 10.6 Å². The molecule has 0 aliphatic rings. The van der Waals surface area contributed by atoms with Crippen LogP contribution in [0.3, 0.4) is 0 Å². The molecular weight excluding hydrogens is 352 g/mol. The molecule has 0 saturated heterocycles. The van der Waals surface area contributed by atoms with Crippen molar-refractivity contribution in [2.45, 2.75) is 0 Å². The van der Waals surface area contributed by atoms with Crippen molar-refractivity contribution < 1.29 is 0 Å². The fraction of sp³-hybridized carbons (Fsp3) is 0. The van der Waals surface area contributed by atoms with Gasteiger partial charge >= 0.3 is 0 Å². The molecule has 26 heavy (non-hydrogen) atoms. The van der Waals surface area contributed by atoms with Gasteiger partial charge in [-0.05, 0) is 29.8 Å².